The van der Waals surface area contributed by atoms with Gasteiger partial charge in [-0.1, -0.05) is 30.3 Å². The number of methoxy groups -OCH3 is 2. The van der Waals surface area contributed by atoms with Gasteiger partial charge in [-0.05, 0) is 36.2 Å². The van der Waals surface area contributed by atoms with Crippen LogP contribution in [0.5, 0.6) is 11.5 Å². The quantitative estimate of drug-likeness (QED) is 0.499. The molecular weight excluding hydrogens is 374 g/mol. The fourth-order valence-electron chi connectivity index (χ4n) is 2.56. The number of rotatable bonds is 9. The van der Waals surface area contributed by atoms with Crippen LogP contribution in [0.1, 0.15) is 18.1 Å². The molecule has 29 heavy (non-hydrogen) atoms. The van der Waals surface area contributed by atoms with E-state index in [0.717, 1.165) is 5.56 Å². The van der Waals surface area contributed by atoms with E-state index in [1.54, 1.807) is 32.2 Å². The van der Waals surface area contributed by atoms with E-state index in [9.17, 15) is 9.59 Å². The predicted octanol–water partition coefficient (Wildman–Crippen LogP) is 2.51. The normalized spacial score (nSPS) is 11.6. The van der Waals surface area contributed by atoms with Gasteiger partial charge in [0.05, 0.1) is 27.0 Å². The monoisotopic (exact) mass is 399 g/mol. The third kappa shape index (κ3) is 6.84. The standard InChI is InChI=1S/C21H25N3O5/c1-4-29-21(26)23-17(12-15-8-6-5-7-9-15)20(25)24-22-14-16-10-11-18(27-2)19(13-16)28-3/h5-11,13-14,17H,4,12H2,1-3H3,(H,23,26)(H,24,25)/b22-14-/t17-/m0/s1. The van der Waals surface area contributed by atoms with E-state index in [1.807, 2.05) is 30.3 Å². The van der Waals surface area contributed by atoms with Crippen molar-refractivity contribution in [3.8, 4) is 11.5 Å². The minimum Gasteiger partial charge on any atom is -0.493 e. The van der Waals surface area contributed by atoms with Crippen LogP contribution in [0, 0.1) is 0 Å². The molecule has 2 rings (SSSR count). The highest BCUT2D eigenvalue weighted by atomic mass is 16.5. The van der Waals surface area contributed by atoms with Gasteiger partial charge >= 0.3 is 6.09 Å². The second kappa shape index (κ2) is 11.3. The number of carbonyl (C=O) groups is 2. The first kappa shape index (κ1) is 21.7. The van der Waals surface area contributed by atoms with Crippen LogP contribution < -0.4 is 20.2 Å². The van der Waals surface area contributed by atoms with Crippen LogP contribution >= 0.6 is 0 Å². The highest BCUT2D eigenvalue weighted by molar-refractivity contribution is 5.87. The van der Waals surface area contributed by atoms with Crippen molar-refractivity contribution in [3.63, 3.8) is 0 Å². The number of alkyl carbamates (subject to hydrolysis) is 1. The van der Waals surface area contributed by atoms with Crippen molar-refractivity contribution in [3.05, 3.63) is 59.7 Å². The molecule has 154 valence electrons. The highest BCUT2D eigenvalue weighted by Crippen LogP contribution is 2.26. The van der Waals surface area contributed by atoms with Crippen molar-refractivity contribution in [1.82, 2.24) is 10.7 Å². The van der Waals surface area contributed by atoms with E-state index >= 15 is 0 Å². The Bertz CT molecular complexity index is 839. The minimum absolute atomic E-state index is 0.211. The average Bonchev–Trinajstić information content (AvgIpc) is 2.74. The Labute approximate surface area is 169 Å². The lowest BCUT2D eigenvalue weighted by Crippen LogP contribution is -2.47. The molecule has 0 aliphatic rings. The van der Waals surface area contributed by atoms with E-state index in [2.05, 4.69) is 15.8 Å². The molecule has 0 aliphatic heterocycles. The zero-order valence-corrected chi connectivity index (χ0v) is 16.7. The van der Waals surface area contributed by atoms with Gasteiger partial charge in [0.25, 0.3) is 5.91 Å². The number of nitrogens with one attached hydrogen (secondary N) is 2. The number of nitrogens with zero attached hydrogens (tertiary/aromatic N) is 1. The minimum atomic E-state index is -0.834. The lowest BCUT2D eigenvalue weighted by molar-refractivity contribution is -0.123. The average molecular weight is 399 g/mol. The van der Waals surface area contributed by atoms with Gasteiger partial charge in [-0.2, -0.15) is 5.10 Å². The zero-order valence-electron chi connectivity index (χ0n) is 16.7. The maximum atomic E-state index is 12.6. The first-order chi connectivity index (χ1) is 14.1. The molecule has 0 saturated heterocycles. The fourth-order valence-corrected chi connectivity index (χ4v) is 2.56. The molecular formula is C21H25N3O5. The molecule has 0 saturated carbocycles. The van der Waals surface area contributed by atoms with Crippen LogP contribution in [0.3, 0.4) is 0 Å². The van der Waals surface area contributed by atoms with E-state index in [4.69, 9.17) is 14.2 Å². The first-order valence-corrected chi connectivity index (χ1v) is 9.09. The summed E-state index contributed by atoms with van der Waals surface area (Å²) in [4.78, 5) is 24.4. The molecule has 8 nitrogen and oxygen atoms in total. The lowest BCUT2D eigenvalue weighted by Gasteiger charge is -2.16. The molecule has 0 spiro atoms. The SMILES string of the molecule is CCOC(=O)N[C@@H](Cc1ccccc1)C(=O)N/N=C\c1ccc(OC)c(OC)c1. The van der Waals surface area contributed by atoms with Gasteiger partial charge < -0.3 is 19.5 Å². The van der Waals surface area contributed by atoms with Crippen molar-refractivity contribution in [2.24, 2.45) is 5.10 Å². The number of hydrogen-bond donors (Lipinski definition) is 2. The number of benzene rings is 2. The van der Waals surface area contributed by atoms with Gasteiger partial charge in [-0.3, -0.25) is 4.79 Å². The maximum Gasteiger partial charge on any atom is 0.407 e. The number of hydrazone groups is 1. The summed E-state index contributed by atoms with van der Waals surface area (Å²) in [7, 11) is 3.09. The molecule has 0 unspecified atom stereocenters. The molecule has 1 atom stereocenters. The van der Waals surface area contributed by atoms with Crippen molar-refractivity contribution in [2.75, 3.05) is 20.8 Å². The maximum absolute atomic E-state index is 12.6. The topological polar surface area (TPSA) is 98.2 Å². The highest BCUT2D eigenvalue weighted by Gasteiger charge is 2.21. The van der Waals surface area contributed by atoms with Crippen LogP contribution in [-0.2, 0) is 16.0 Å². The summed E-state index contributed by atoms with van der Waals surface area (Å²) >= 11 is 0. The van der Waals surface area contributed by atoms with Gasteiger partial charge in [0.2, 0.25) is 0 Å². The second-order valence-corrected chi connectivity index (χ2v) is 5.96. The smallest absolute Gasteiger partial charge is 0.407 e. The summed E-state index contributed by atoms with van der Waals surface area (Å²) in [5, 5.41) is 6.54. The summed E-state index contributed by atoms with van der Waals surface area (Å²) in [6, 6.07) is 13.8. The van der Waals surface area contributed by atoms with Crippen LogP contribution in [0.4, 0.5) is 4.79 Å². The van der Waals surface area contributed by atoms with E-state index in [-0.39, 0.29) is 6.61 Å². The van der Waals surface area contributed by atoms with E-state index < -0.39 is 18.0 Å². The van der Waals surface area contributed by atoms with Gasteiger partial charge in [0, 0.05) is 6.42 Å². The molecule has 8 heteroatoms. The largest absolute Gasteiger partial charge is 0.493 e. The molecule has 0 radical (unpaired) electrons. The van der Waals surface area contributed by atoms with Crippen molar-refractivity contribution in [1.29, 1.82) is 0 Å². The van der Waals surface area contributed by atoms with Crippen LogP contribution in [-0.4, -0.2) is 45.1 Å². The van der Waals surface area contributed by atoms with Crippen LogP contribution in [0.2, 0.25) is 0 Å². The molecule has 0 fully saturated rings. The van der Waals surface area contributed by atoms with E-state index in [0.29, 0.717) is 23.5 Å². The Morgan fingerprint density at radius 3 is 2.45 bits per heavy atom. The Kier molecular flexibility index (Phi) is 8.50. The van der Waals surface area contributed by atoms with Gasteiger partial charge in [0.1, 0.15) is 6.04 Å². The molecule has 2 N–H and O–H groups in total. The molecule has 2 aromatic rings. The summed E-state index contributed by atoms with van der Waals surface area (Å²) in [6.45, 7) is 1.90. The fraction of sp³-hybridized carbons (Fsp3) is 0.286. The summed E-state index contributed by atoms with van der Waals surface area (Å²) in [5.74, 6) is 0.683. The second-order valence-electron chi connectivity index (χ2n) is 5.96. The lowest BCUT2D eigenvalue weighted by atomic mass is 10.1. The third-order valence-corrected chi connectivity index (χ3v) is 3.96. The Morgan fingerprint density at radius 1 is 1.07 bits per heavy atom. The predicted molar refractivity (Wildman–Crippen MR) is 109 cm³/mol. The molecule has 2 amide bonds. The Balaban J connectivity index is 2.06. The van der Waals surface area contributed by atoms with Crippen LogP contribution in [0.25, 0.3) is 0 Å². The van der Waals surface area contributed by atoms with Crippen molar-refractivity contribution in [2.45, 2.75) is 19.4 Å². The van der Waals surface area contributed by atoms with Crippen molar-refractivity contribution >= 4 is 18.2 Å². The molecule has 0 bridgehead atoms. The third-order valence-electron chi connectivity index (χ3n) is 3.96. The zero-order chi connectivity index (χ0) is 21.1. The number of hydrogen-bond acceptors (Lipinski definition) is 6. The van der Waals surface area contributed by atoms with Gasteiger partial charge in [-0.15, -0.1) is 0 Å². The summed E-state index contributed by atoms with van der Waals surface area (Å²) in [5.41, 5.74) is 4.06. The number of amides is 2. The molecule has 0 heterocycles. The number of carbonyl (C=O) groups excluding carboxylic acids is 2. The Hall–Kier alpha value is -3.55. The van der Waals surface area contributed by atoms with Crippen molar-refractivity contribution < 1.29 is 23.8 Å². The molecule has 0 aliphatic carbocycles. The molecule has 2 aromatic carbocycles. The van der Waals surface area contributed by atoms with E-state index in [1.165, 1.54) is 13.3 Å². The molecule has 0 aromatic heterocycles. The first-order valence-electron chi connectivity index (χ1n) is 9.09. The summed E-state index contributed by atoms with van der Waals surface area (Å²) in [6.07, 6.45) is 1.12. The Morgan fingerprint density at radius 2 is 1.79 bits per heavy atom. The summed E-state index contributed by atoms with van der Waals surface area (Å²) < 4.78 is 15.3. The van der Waals surface area contributed by atoms with Crippen LogP contribution in [0.15, 0.2) is 53.6 Å². The van der Waals surface area contributed by atoms with Gasteiger partial charge in [0.15, 0.2) is 11.5 Å². The number of ether oxygens (including phenoxy) is 3. The van der Waals surface area contributed by atoms with Gasteiger partial charge in [-0.25, -0.2) is 10.2 Å².